The number of amides is 6. The van der Waals surface area contributed by atoms with Crippen molar-refractivity contribution in [2.75, 3.05) is 19.6 Å². The van der Waals surface area contributed by atoms with E-state index in [2.05, 4.69) is 26.3 Å². The third-order valence-corrected chi connectivity index (χ3v) is 11.4. The Balaban J connectivity index is 1.47. The number of carbonyl (C=O) groups excluding carboxylic acids is 7. The molecule has 0 aromatic carbocycles. The van der Waals surface area contributed by atoms with Gasteiger partial charge in [-0.25, -0.2) is 9.78 Å². The van der Waals surface area contributed by atoms with Gasteiger partial charge in [0.25, 0.3) is 5.91 Å². The van der Waals surface area contributed by atoms with Crippen LogP contribution in [0.3, 0.4) is 0 Å². The Labute approximate surface area is 333 Å². The van der Waals surface area contributed by atoms with Crippen LogP contribution in [-0.2, 0) is 33.6 Å². The zero-order valence-electron chi connectivity index (χ0n) is 33.3. The van der Waals surface area contributed by atoms with Crippen molar-refractivity contribution < 1.29 is 48.6 Å². The summed E-state index contributed by atoms with van der Waals surface area (Å²) in [6.45, 7) is 5.63. The van der Waals surface area contributed by atoms with E-state index in [4.69, 9.17) is 0 Å². The molecule has 2 aliphatic heterocycles. The number of carboxylic acids is 1. The Morgan fingerprint density at radius 2 is 1.44 bits per heavy atom. The normalized spacial score (nSPS) is 21.3. The van der Waals surface area contributed by atoms with Crippen LogP contribution in [0.15, 0.2) is 18.7 Å². The molecule has 4 rings (SSSR count). The van der Waals surface area contributed by atoms with Gasteiger partial charge in [-0.3, -0.25) is 38.1 Å². The monoisotopic (exact) mass is 800 g/mol. The molecule has 7 atom stereocenters. The van der Waals surface area contributed by atoms with Crippen LogP contribution in [0.2, 0.25) is 0 Å². The molecule has 0 bridgehead atoms. The Hall–Kier alpha value is -4.87. The molecular formula is C39H60N8O10. The van der Waals surface area contributed by atoms with Crippen molar-refractivity contribution in [3.8, 4) is 0 Å². The largest absolute Gasteiger partial charge is 0.479 e. The number of hydrogen-bond donors (Lipinski definition) is 6. The van der Waals surface area contributed by atoms with Gasteiger partial charge in [-0.2, -0.15) is 0 Å². The van der Waals surface area contributed by atoms with Gasteiger partial charge in [0.2, 0.25) is 41.5 Å². The molecule has 1 aromatic heterocycles. The quantitative estimate of drug-likeness (QED) is 0.113. The molecule has 6 N–H and O–H groups in total. The molecule has 1 aromatic rings. The van der Waals surface area contributed by atoms with E-state index in [-0.39, 0.29) is 62.9 Å². The smallest absolute Gasteiger partial charge is 0.336 e. The van der Waals surface area contributed by atoms with Gasteiger partial charge in [0.1, 0.15) is 30.5 Å². The van der Waals surface area contributed by atoms with Crippen LogP contribution in [-0.4, -0.2) is 133 Å². The zero-order valence-corrected chi connectivity index (χ0v) is 33.3. The van der Waals surface area contributed by atoms with Crippen LogP contribution in [0.25, 0.3) is 0 Å². The highest BCUT2D eigenvalue weighted by molar-refractivity contribution is 6.06. The molecule has 1 saturated carbocycles. The summed E-state index contributed by atoms with van der Waals surface area (Å²) in [5.74, 6) is -5.81. The first-order valence-corrected chi connectivity index (χ1v) is 20.4. The lowest BCUT2D eigenvalue weighted by Gasteiger charge is -2.38. The van der Waals surface area contributed by atoms with E-state index >= 15 is 0 Å². The fourth-order valence-electron chi connectivity index (χ4n) is 8.09. The van der Waals surface area contributed by atoms with Crippen LogP contribution in [0.4, 0.5) is 0 Å². The van der Waals surface area contributed by atoms with Gasteiger partial charge in [-0.05, 0) is 63.7 Å². The van der Waals surface area contributed by atoms with Crippen molar-refractivity contribution in [3.05, 3.63) is 18.7 Å². The summed E-state index contributed by atoms with van der Waals surface area (Å²) in [5, 5.41) is 30.6. The first kappa shape index (κ1) is 44.8. The lowest BCUT2D eigenvalue weighted by Crippen LogP contribution is -2.62. The number of rotatable bonds is 18. The lowest BCUT2D eigenvalue weighted by atomic mass is 9.79. The number of nitrogens with one attached hydrogen (secondary N) is 4. The molecule has 0 radical (unpaired) electrons. The number of aliphatic carboxylic acids is 1. The minimum atomic E-state index is -2.10. The number of likely N-dealkylation sites (tertiary alicyclic amines) is 2. The highest BCUT2D eigenvalue weighted by Gasteiger charge is 2.44. The number of carbonyl (C=O) groups is 8. The Bertz CT molecular complexity index is 1580. The molecule has 18 nitrogen and oxygen atoms in total. The van der Waals surface area contributed by atoms with Crippen molar-refractivity contribution >= 4 is 47.3 Å². The molecule has 3 heterocycles. The molecule has 2 saturated heterocycles. The highest BCUT2D eigenvalue weighted by atomic mass is 16.4. The van der Waals surface area contributed by atoms with E-state index in [9.17, 15) is 48.6 Å². The van der Waals surface area contributed by atoms with Gasteiger partial charge >= 0.3 is 5.97 Å². The summed E-state index contributed by atoms with van der Waals surface area (Å²) < 4.78 is 1.28. The van der Waals surface area contributed by atoms with Gasteiger partial charge < -0.3 is 41.3 Å². The molecule has 3 aliphatic rings. The van der Waals surface area contributed by atoms with Crippen LogP contribution < -0.4 is 21.3 Å². The van der Waals surface area contributed by atoms with Gasteiger partial charge in [-0.15, -0.1) is 0 Å². The van der Waals surface area contributed by atoms with Crippen LogP contribution in [0.5, 0.6) is 0 Å². The molecule has 316 valence electrons. The molecule has 1 aliphatic carbocycles. The van der Waals surface area contributed by atoms with Crippen LogP contribution in [0.1, 0.15) is 115 Å². The summed E-state index contributed by atoms with van der Waals surface area (Å²) in [4.78, 5) is 113. The molecule has 0 unspecified atom stereocenters. The van der Waals surface area contributed by atoms with Gasteiger partial charge in [0, 0.05) is 44.9 Å². The number of nitrogens with zero attached hydrogens (tertiary/aromatic N) is 4. The molecule has 3 fully saturated rings. The maximum absolute atomic E-state index is 14.3. The fraction of sp³-hybridized carbons (Fsp3) is 0.718. The maximum Gasteiger partial charge on any atom is 0.336 e. The molecule has 0 spiro atoms. The fourth-order valence-corrected chi connectivity index (χ4v) is 8.09. The van der Waals surface area contributed by atoms with Crippen molar-refractivity contribution in [1.82, 2.24) is 40.6 Å². The second-order valence-corrected chi connectivity index (χ2v) is 15.6. The van der Waals surface area contributed by atoms with E-state index in [0.29, 0.717) is 38.1 Å². The average Bonchev–Trinajstić information content (AvgIpc) is 3.93. The summed E-state index contributed by atoms with van der Waals surface area (Å²) in [6.07, 6.45) is 10.8. The number of imidazole rings is 1. The summed E-state index contributed by atoms with van der Waals surface area (Å²) >= 11 is 0. The summed E-state index contributed by atoms with van der Waals surface area (Å²) in [6, 6.07) is -6.93. The van der Waals surface area contributed by atoms with E-state index in [1.54, 1.807) is 0 Å². The number of aromatic nitrogens is 2. The van der Waals surface area contributed by atoms with Gasteiger partial charge in [0.05, 0.1) is 6.10 Å². The van der Waals surface area contributed by atoms with Gasteiger partial charge in [0.15, 0.2) is 0 Å². The number of piperidine rings is 1. The predicted molar refractivity (Wildman–Crippen MR) is 205 cm³/mol. The standard InChI is InChI=1S/C39H60N8O10/c1-4-17-41-36(53)32(25(3)48)43-34(51)29-14-10-20-47(29)38(55)33(39(56)57)44-35(52)28-13-8-9-19-46(28)37(54)27(15-16-31(50)45-21-18-40-23-45)42-30(49)22-24(2)26-11-6-5-7-12-26/h18,21,23-29,32-33,48H,4-17,19-20,22H2,1-3H3,(H,41,53)(H,42,49)(H,43,51)(H,44,52)(H,56,57)/t24-,25+,27-,28-,29-,32-,33+/m0/s1. The van der Waals surface area contributed by atoms with Crippen LogP contribution >= 0.6 is 0 Å². The Kier molecular flexibility index (Phi) is 17.0. The van der Waals surface area contributed by atoms with E-state index in [0.717, 1.165) is 30.6 Å². The molecule has 18 heteroatoms. The number of carboxylic acid groups (broad SMARTS) is 1. The topological polar surface area (TPSA) is 249 Å². The maximum atomic E-state index is 14.3. The van der Waals surface area contributed by atoms with Crippen molar-refractivity contribution in [3.63, 3.8) is 0 Å². The Morgan fingerprint density at radius 3 is 2.07 bits per heavy atom. The first-order valence-electron chi connectivity index (χ1n) is 20.4. The average molecular weight is 801 g/mol. The third kappa shape index (κ3) is 12.3. The van der Waals surface area contributed by atoms with Crippen molar-refractivity contribution in [2.45, 2.75) is 147 Å². The van der Waals surface area contributed by atoms with Crippen molar-refractivity contribution in [1.29, 1.82) is 0 Å². The second-order valence-electron chi connectivity index (χ2n) is 15.6. The van der Waals surface area contributed by atoms with E-state index in [1.165, 1.54) is 41.5 Å². The second kappa shape index (κ2) is 21.6. The molecule has 57 heavy (non-hydrogen) atoms. The van der Waals surface area contributed by atoms with Gasteiger partial charge in [-0.1, -0.05) is 46.0 Å². The molecular weight excluding hydrogens is 740 g/mol. The number of hydrogen-bond acceptors (Lipinski definition) is 10. The predicted octanol–water partition coefficient (Wildman–Crippen LogP) is 0.728. The van der Waals surface area contributed by atoms with E-state index in [1.807, 2.05) is 13.8 Å². The van der Waals surface area contributed by atoms with Crippen LogP contribution in [0, 0.1) is 11.8 Å². The summed E-state index contributed by atoms with van der Waals surface area (Å²) in [7, 11) is 0. The molecule has 6 amide bonds. The van der Waals surface area contributed by atoms with Crippen molar-refractivity contribution in [2.24, 2.45) is 11.8 Å². The van der Waals surface area contributed by atoms with E-state index < -0.39 is 71.8 Å². The summed E-state index contributed by atoms with van der Waals surface area (Å²) in [5.41, 5.74) is 0. The zero-order chi connectivity index (χ0) is 41.6. The Morgan fingerprint density at radius 1 is 0.807 bits per heavy atom. The minimum absolute atomic E-state index is 0.00449. The first-order chi connectivity index (χ1) is 27.2. The SMILES string of the molecule is CCCNC(=O)[C@@H](NC(=O)[C@@H]1CCCN1C(=O)[C@@H](NC(=O)[C@@H]1CCCCN1C(=O)[C@H](CCC(=O)n1ccnc1)NC(=O)C[C@H](C)C1CCCCC1)C(=O)O)[C@@H](C)O. The third-order valence-electron chi connectivity index (χ3n) is 11.4. The number of aliphatic hydroxyl groups excluding tert-OH is 1. The minimum Gasteiger partial charge on any atom is -0.479 e. The lowest BCUT2D eigenvalue weighted by molar-refractivity contribution is -0.153. The highest BCUT2D eigenvalue weighted by Crippen LogP contribution is 2.31. The number of aliphatic hydroxyl groups is 1.